The molecule has 1 saturated heterocycles. The summed E-state index contributed by atoms with van der Waals surface area (Å²) in [5.41, 5.74) is 0.802. The summed E-state index contributed by atoms with van der Waals surface area (Å²) in [6, 6.07) is 7.30. The van der Waals surface area contributed by atoms with E-state index in [0.717, 1.165) is 24.4 Å². The molecule has 158 valence electrons. The van der Waals surface area contributed by atoms with Crippen molar-refractivity contribution in [3.8, 4) is 0 Å². The molecular weight excluding hydrogens is 424 g/mol. The van der Waals surface area contributed by atoms with Crippen molar-refractivity contribution in [1.82, 2.24) is 25.2 Å². The third kappa shape index (κ3) is 5.60. The Hall–Kier alpha value is -2.39. The molecular formula is C20H23ClN6O2S. The van der Waals surface area contributed by atoms with Crippen molar-refractivity contribution in [3.63, 3.8) is 0 Å². The molecule has 1 saturated carbocycles. The summed E-state index contributed by atoms with van der Waals surface area (Å²) in [5, 5.41) is 3.63. The van der Waals surface area contributed by atoms with Crippen LogP contribution in [0.5, 0.6) is 0 Å². The van der Waals surface area contributed by atoms with Crippen molar-refractivity contribution in [1.29, 1.82) is 0 Å². The number of nitrogens with zero attached hydrogens (tertiary/aromatic N) is 5. The number of piperazine rings is 1. The smallest absolute Gasteiger partial charge is 0.230 e. The number of carbonyl (C=O) groups excluding carboxylic acids is 2. The number of aromatic nitrogens is 3. The van der Waals surface area contributed by atoms with E-state index in [1.165, 1.54) is 11.8 Å². The lowest BCUT2D eigenvalue weighted by Gasteiger charge is -2.35. The second-order valence-corrected chi connectivity index (χ2v) is 8.63. The number of nitrogens with one attached hydrogen (secondary N) is 1. The summed E-state index contributed by atoms with van der Waals surface area (Å²) in [7, 11) is 0. The van der Waals surface area contributed by atoms with E-state index in [0.29, 0.717) is 43.0 Å². The van der Waals surface area contributed by atoms with Gasteiger partial charge in [-0.25, -0.2) is 9.97 Å². The van der Waals surface area contributed by atoms with E-state index in [1.807, 2.05) is 23.1 Å². The molecule has 0 unspecified atom stereocenters. The third-order valence-corrected chi connectivity index (χ3v) is 6.07. The lowest BCUT2D eigenvalue weighted by atomic mass is 10.2. The topological polar surface area (TPSA) is 91.3 Å². The predicted octanol–water partition coefficient (Wildman–Crippen LogP) is 1.99. The van der Waals surface area contributed by atoms with Gasteiger partial charge in [0, 0.05) is 44.4 Å². The SMILES string of the molecule is O=C(CSc1nc(Cl)cc(N2CCN(C(=O)C3CC3)CC2)n1)NCc1ccccn1. The number of hydrogen-bond acceptors (Lipinski definition) is 7. The first-order valence-corrected chi connectivity index (χ1v) is 11.3. The highest BCUT2D eigenvalue weighted by atomic mass is 35.5. The van der Waals surface area contributed by atoms with Gasteiger partial charge >= 0.3 is 0 Å². The Labute approximate surface area is 184 Å². The summed E-state index contributed by atoms with van der Waals surface area (Å²) in [6.45, 7) is 3.18. The molecule has 2 aromatic rings. The molecule has 1 N–H and O–H groups in total. The Balaban J connectivity index is 1.28. The minimum absolute atomic E-state index is 0.122. The Kier molecular flexibility index (Phi) is 6.69. The molecule has 2 aliphatic rings. The van der Waals surface area contributed by atoms with Crippen LogP contribution in [0.4, 0.5) is 5.82 Å². The quantitative estimate of drug-likeness (QED) is 0.395. The Morgan fingerprint density at radius 3 is 2.67 bits per heavy atom. The van der Waals surface area contributed by atoms with Crippen LogP contribution in [0.3, 0.4) is 0 Å². The third-order valence-electron chi connectivity index (χ3n) is 5.03. The van der Waals surface area contributed by atoms with E-state index < -0.39 is 0 Å². The first kappa shape index (κ1) is 20.9. The fourth-order valence-electron chi connectivity index (χ4n) is 3.23. The fraction of sp³-hybridized carbons (Fsp3) is 0.450. The molecule has 0 bridgehead atoms. The number of anilines is 1. The lowest BCUT2D eigenvalue weighted by molar-refractivity contribution is -0.132. The van der Waals surface area contributed by atoms with Gasteiger partial charge in [-0.3, -0.25) is 14.6 Å². The number of carbonyl (C=O) groups is 2. The van der Waals surface area contributed by atoms with Crippen LogP contribution in [0, 0.1) is 5.92 Å². The molecule has 1 aliphatic carbocycles. The number of hydrogen-bond donors (Lipinski definition) is 1. The number of rotatable bonds is 7. The lowest BCUT2D eigenvalue weighted by Crippen LogP contribution is -2.49. The molecule has 0 spiro atoms. The Morgan fingerprint density at radius 1 is 1.17 bits per heavy atom. The Bertz CT molecular complexity index is 903. The van der Waals surface area contributed by atoms with Gasteiger partial charge in [-0.05, 0) is 25.0 Å². The molecule has 30 heavy (non-hydrogen) atoms. The minimum Gasteiger partial charge on any atom is -0.353 e. The van der Waals surface area contributed by atoms with Crippen molar-refractivity contribution in [2.45, 2.75) is 24.5 Å². The molecule has 4 rings (SSSR count). The zero-order valence-corrected chi connectivity index (χ0v) is 18.0. The van der Waals surface area contributed by atoms with Gasteiger partial charge in [-0.2, -0.15) is 0 Å². The van der Waals surface area contributed by atoms with E-state index in [-0.39, 0.29) is 23.5 Å². The minimum atomic E-state index is -0.122. The zero-order chi connectivity index (χ0) is 20.9. The molecule has 0 atom stereocenters. The van der Waals surface area contributed by atoms with Crippen molar-refractivity contribution >= 4 is 41.0 Å². The molecule has 3 heterocycles. The molecule has 1 aliphatic heterocycles. The largest absolute Gasteiger partial charge is 0.353 e. The van der Waals surface area contributed by atoms with Gasteiger partial charge in [0.15, 0.2) is 5.16 Å². The maximum atomic E-state index is 12.2. The fourth-order valence-corrected chi connectivity index (χ4v) is 4.14. The van der Waals surface area contributed by atoms with Gasteiger partial charge in [0.2, 0.25) is 11.8 Å². The zero-order valence-electron chi connectivity index (χ0n) is 16.5. The Morgan fingerprint density at radius 2 is 1.97 bits per heavy atom. The average Bonchev–Trinajstić information content (AvgIpc) is 3.62. The van der Waals surface area contributed by atoms with Crippen molar-refractivity contribution in [3.05, 3.63) is 41.3 Å². The summed E-state index contributed by atoms with van der Waals surface area (Å²) >= 11 is 7.43. The predicted molar refractivity (Wildman–Crippen MR) is 115 cm³/mol. The maximum absolute atomic E-state index is 12.2. The monoisotopic (exact) mass is 446 g/mol. The highest BCUT2D eigenvalue weighted by molar-refractivity contribution is 7.99. The molecule has 2 fully saturated rings. The van der Waals surface area contributed by atoms with Crippen LogP contribution in [0.2, 0.25) is 5.15 Å². The second kappa shape index (κ2) is 9.61. The standard InChI is InChI=1S/C20H23ClN6O2S/c21-16-11-17(26-7-9-27(10-8-26)19(29)14-4-5-14)25-20(24-16)30-13-18(28)23-12-15-3-1-2-6-22-15/h1-3,6,11,14H,4-5,7-10,12-13H2,(H,23,28). The second-order valence-electron chi connectivity index (χ2n) is 7.30. The van der Waals surface area contributed by atoms with Crippen molar-refractivity contribution in [2.75, 3.05) is 36.8 Å². The van der Waals surface area contributed by atoms with E-state index in [9.17, 15) is 9.59 Å². The summed E-state index contributed by atoms with van der Waals surface area (Å²) < 4.78 is 0. The normalized spacial score (nSPS) is 16.4. The number of halogens is 1. The van der Waals surface area contributed by atoms with Crippen LogP contribution in [0.25, 0.3) is 0 Å². The van der Waals surface area contributed by atoms with E-state index in [2.05, 4.69) is 25.2 Å². The first-order valence-electron chi connectivity index (χ1n) is 9.96. The van der Waals surface area contributed by atoms with Gasteiger partial charge in [0.1, 0.15) is 11.0 Å². The first-order chi connectivity index (χ1) is 14.6. The summed E-state index contributed by atoms with van der Waals surface area (Å²) in [6.07, 6.45) is 3.74. The number of thioether (sulfide) groups is 1. The molecule has 2 aromatic heterocycles. The molecule has 8 nitrogen and oxygen atoms in total. The molecule has 10 heteroatoms. The van der Waals surface area contributed by atoms with Gasteiger partial charge in [-0.1, -0.05) is 29.4 Å². The van der Waals surface area contributed by atoms with Gasteiger partial charge in [0.05, 0.1) is 18.0 Å². The highest BCUT2D eigenvalue weighted by Crippen LogP contribution is 2.31. The van der Waals surface area contributed by atoms with Crippen LogP contribution in [0.1, 0.15) is 18.5 Å². The number of amides is 2. The van der Waals surface area contributed by atoms with Gasteiger partial charge < -0.3 is 15.1 Å². The van der Waals surface area contributed by atoms with Crippen LogP contribution in [-0.4, -0.2) is 63.6 Å². The van der Waals surface area contributed by atoms with Crippen LogP contribution in [-0.2, 0) is 16.1 Å². The van der Waals surface area contributed by atoms with Crippen LogP contribution >= 0.6 is 23.4 Å². The average molecular weight is 447 g/mol. The molecule has 0 radical (unpaired) electrons. The summed E-state index contributed by atoms with van der Waals surface area (Å²) in [4.78, 5) is 41.4. The summed E-state index contributed by atoms with van der Waals surface area (Å²) in [5.74, 6) is 1.32. The van der Waals surface area contributed by atoms with Gasteiger partial charge in [-0.15, -0.1) is 0 Å². The molecule has 2 amide bonds. The van der Waals surface area contributed by atoms with Crippen molar-refractivity contribution < 1.29 is 9.59 Å². The van der Waals surface area contributed by atoms with E-state index in [4.69, 9.17) is 11.6 Å². The molecule has 0 aromatic carbocycles. The number of pyridine rings is 1. The van der Waals surface area contributed by atoms with Crippen LogP contribution in [0.15, 0.2) is 35.6 Å². The van der Waals surface area contributed by atoms with E-state index in [1.54, 1.807) is 12.3 Å². The highest BCUT2D eigenvalue weighted by Gasteiger charge is 2.34. The van der Waals surface area contributed by atoms with Crippen LogP contribution < -0.4 is 10.2 Å². The van der Waals surface area contributed by atoms with Crippen molar-refractivity contribution in [2.24, 2.45) is 5.92 Å². The van der Waals surface area contributed by atoms with Gasteiger partial charge in [0.25, 0.3) is 0 Å². The van der Waals surface area contributed by atoms with E-state index >= 15 is 0 Å². The maximum Gasteiger partial charge on any atom is 0.230 e.